The number of para-hydroxylation sites is 2. The minimum atomic E-state index is -4.72. The number of carbonyl (C=O) groups is 2. The first kappa shape index (κ1) is 50.1. The summed E-state index contributed by atoms with van der Waals surface area (Å²) in [7, 11) is -3.20. The molecule has 4 aliphatic heterocycles. The van der Waals surface area contributed by atoms with Crippen LogP contribution in [-0.4, -0.2) is 114 Å². The molecule has 6 heterocycles. The van der Waals surface area contributed by atoms with Crippen molar-refractivity contribution in [2.24, 2.45) is 10.8 Å². The van der Waals surface area contributed by atoms with Gasteiger partial charge in [-0.25, -0.2) is 22.3 Å². The smallest absolute Gasteiger partial charge is 0.413 e. The lowest BCUT2D eigenvalue weighted by molar-refractivity contribution is -0.157. The van der Waals surface area contributed by atoms with Crippen LogP contribution in [-0.2, 0) is 35.5 Å². The number of sulfonamides is 1. The van der Waals surface area contributed by atoms with Crippen molar-refractivity contribution in [2.75, 3.05) is 68.4 Å². The number of anilines is 2. The summed E-state index contributed by atoms with van der Waals surface area (Å²) in [4.78, 5) is 34.2. The third-order valence-corrected chi connectivity index (χ3v) is 14.9. The predicted octanol–water partition coefficient (Wildman–Crippen LogP) is 8.81. The van der Waals surface area contributed by atoms with Gasteiger partial charge in [-0.15, -0.1) is 20.4 Å². The Balaban J connectivity index is 0.000000179. The molecular weight excluding hydrogens is 971 g/mol. The largest absolute Gasteiger partial charge is 0.470 e. The van der Waals surface area contributed by atoms with E-state index in [0.717, 1.165) is 68.7 Å². The molecule has 6 aromatic rings. The van der Waals surface area contributed by atoms with E-state index in [1.54, 1.807) is 63.2 Å². The van der Waals surface area contributed by atoms with Crippen LogP contribution < -0.4 is 15.1 Å². The molecular formula is C49H50F6N10O6S. The van der Waals surface area contributed by atoms with Crippen molar-refractivity contribution >= 4 is 33.5 Å². The van der Waals surface area contributed by atoms with Crippen LogP contribution in [0.1, 0.15) is 48.6 Å². The molecule has 0 bridgehead atoms. The van der Waals surface area contributed by atoms with Crippen LogP contribution in [0.4, 0.5) is 47.3 Å². The van der Waals surface area contributed by atoms with E-state index in [1.165, 1.54) is 10.6 Å². The summed E-state index contributed by atoms with van der Waals surface area (Å²) in [6.45, 7) is 6.09. The van der Waals surface area contributed by atoms with Crippen molar-refractivity contribution < 1.29 is 53.2 Å². The normalized spacial score (nSPS) is 17.7. The summed E-state index contributed by atoms with van der Waals surface area (Å²) >= 11 is 0. The molecule has 2 spiro atoms. The van der Waals surface area contributed by atoms with E-state index in [0.29, 0.717) is 55.0 Å². The van der Waals surface area contributed by atoms with Gasteiger partial charge in [0, 0.05) is 80.3 Å². The van der Waals surface area contributed by atoms with Gasteiger partial charge in [-0.1, -0.05) is 60.7 Å². The molecule has 4 fully saturated rings. The lowest BCUT2D eigenvalue weighted by Crippen LogP contribution is -2.62. The van der Waals surface area contributed by atoms with E-state index in [-0.39, 0.29) is 35.8 Å². The highest BCUT2D eigenvalue weighted by atomic mass is 32.2. The molecule has 2 aromatic heterocycles. The summed E-state index contributed by atoms with van der Waals surface area (Å²) in [5, 5.41) is 16.4. The number of likely N-dealkylation sites (tertiary alicyclic amines) is 2. The molecule has 380 valence electrons. The Hall–Kier alpha value is -6.85. The fourth-order valence-electron chi connectivity index (χ4n) is 9.30. The quantitative estimate of drug-likeness (QED) is 0.137. The Morgan fingerprint density at radius 3 is 1.28 bits per heavy atom. The van der Waals surface area contributed by atoms with Crippen LogP contribution in [0.15, 0.2) is 118 Å². The number of aromatic nitrogens is 4. The van der Waals surface area contributed by atoms with Gasteiger partial charge in [-0.2, -0.15) is 26.3 Å². The molecule has 4 aliphatic rings. The van der Waals surface area contributed by atoms with Crippen molar-refractivity contribution in [1.29, 1.82) is 0 Å². The summed E-state index contributed by atoms with van der Waals surface area (Å²) in [6.07, 6.45) is -4.75. The SMILES string of the molecule is CS(=O)(=O)N1CC2(CCN(C(=O)N(Cc3ccc(-c4nnc(C(F)(F)F)o4)cc3)c3ccccc3)CC2)C1.O=C(N1CCC2(CC1)CNC2)N(Cc1ccc(-c2nnc(C(F)(F)F)o2)cc1)c1ccccc1. The van der Waals surface area contributed by atoms with Crippen LogP contribution in [0, 0.1) is 10.8 Å². The number of alkyl halides is 6. The second kappa shape index (κ2) is 20.0. The third-order valence-electron chi connectivity index (χ3n) is 13.7. The first-order valence-electron chi connectivity index (χ1n) is 23.2. The molecule has 0 radical (unpaired) electrons. The summed E-state index contributed by atoms with van der Waals surface area (Å²) in [6, 6.07) is 31.7. The summed E-state index contributed by atoms with van der Waals surface area (Å²) in [5.41, 5.74) is 4.05. The lowest BCUT2D eigenvalue weighted by atomic mass is 9.73. The Kier molecular flexibility index (Phi) is 13.9. The lowest BCUT2D eigenvalue weighted by Gasteiger charge is -2.53. The fourth-order valence-corrected chi connectivity index (χ4v) is 10.3. The number of nitrogens with one attached hydrogen (secondary N) is 1. The van der Waals surface area contributed by atoms with Gasteiger partial charge < -0.3 is 24.0 Å². The molecule has 0 saturated carbocycles. The monoisotopic (exact) mass is 1020 g/mol. The van der Waals surface area contributed by atoms with Gasteiger partial charge >= 0.3 is 36.2 Å². The average molecular weight is 1020 g/mol. The van der Waals surface area contributed by atoms with Crippen LogP contribution in [0.2, 0.25) is 0 Å². The minimum absolute atomic E-state index is 0.0517. The molecule has 0 aliphatic carbocycles. The number of rotatable bonds is 9. The van der Waals surface area contributed by atoms with Crippen molar-refractivity contribution in [3.8, 4) is 22.9 Å². The maximum Gasteiger partial charge on any atom is 0.470 e. The number of carbonyl (C=O) groups excluding carboxylic acids is 2. The third kappa shape index (κ3) is 11.3. The molecule has 0 atom stereocenters. The van der Waals surface area contributed by atoms with Crippen LogP contribution in [0.5, 0.6) is 0 Å². The Bertz CT molecular complexity index is 2930. The van der Waals surface area contributed by atoms with Gasteiger partial charge in [0.2, 0.25) is 21.8 Å². The Labute approximate surface area is 410 Å². The zero-order valence-corrected chi connectivity index (χ0v) is 39.8. The van der Waals surface area contributed by atoms with Gasteiger partial charge in [0.05, 0.1) is 19.3 Å². The van der Waals surface area contributed by atoms with Gasteiger partial charge in [0.15, 0.2) is 0 Å². The molecule has 23 heteroatoms. The fraction of sp³-hybridized carbons (Fsp3) is 0.388. The van der Waals surface area contributed by atoms with E-state index in [9.17, 15) is 44.3 Å². The average Bonchev–Trinajstić information content (AvgIpc) is 4.07. The second-order valence-corrected chi connectivity index (χ2v) is 20.7. The van der Waals surface area contributed by atoms with E-state index >= 15 is 0 Å². The topological polar surface area (TPSA) is 174 Å². The van der Waals surface area contributed by atoms with E-state index in [1.807, 2.05) is 65.6 Å². The van der Waals surface area contributed by atoms with Crippen LogP contribution in [0.3, 0.4) is 0 Å². The molecule has 72 heavy (non-hydrogen) atoms. The maximum atomic E-state index is 13.6. The highest BCUT2D eigenvalue weighted by Gasteiger charge is 2.49. The molecule has 4 amide bonds. The molecule has 4 aromatic carbocycles. The second-order valence-electron chi connectivity index (χ2n) is 18.7. The van der Waals surface area contributed by atoms with E-state index < -0.39 is 34.2 Å². The number of halogens is 6. The molecule has 0 unspecified atom stereocenters. The Morgan fingerprint density at radius 2 is 0.958 bits per heavy atom. The maximum absolute atomic E-state index is 13.6. The molecule has 1 N–H and O–H groups in total. The van der Waals surface area contributed by atoms with Gasteiger partial charge in [0.1, 0.15) is 0 Å². The van der Waals surface area contributed by atoms with Gasteiger partial charge in [-0.3, -0.25) is 9.80 Å². The Morgan fingerprint density at radius 1 is 0.583 bits per heavy atom. The number of benzene rings is 4. The van der Waals surface area contributed by atoms with Crippen molar-refractivity contribution in [1.82, 2.24) is 39.8 Å². The van der Waals surface area contributed by atoms with E-state index in [2.05, 4.69) is 25.7 Å². The predicted molar refractivity (Wildman–Crippen MR) is 251 cm³/mol. The van der Waals surface area contributed by atoms with Crippen LogP contribution in [0.25, 0.3) is 22.9 Å². The van der Waals surface area contributed by atoms with E-state index in [4.69, 9.17) is 8.83 Å². The first-order chi connectivity index (χ1) is 34.3. The first-order valence-corrected chi connectivity index (χ1v) is 25.0. The number of hydrogen-bond acceptors (Lipinski definition) is 11. The van der Waals surface area contributed by atoms with Gasteiger partial charge in [-0.05, 0) is 90.8 Å². The van der Waals surface area contributed by atoms with Crippen molar-refractivity contribution in [3.63, 3.8) is 0 Å². The highest BCUT2D eigenvalue weighted by Crippen LogP contribution is 2.42. The number of urea groups is 2. The summed E-state index contributed by atoms with van der Waals surface area (Å²) < 4.78 is 111. The molecule has 16 nitrogen and oxygen atoms in total. The zero-order chi connectivity index (χ0) is 50.9. The standard InChI is InChI=1S/C25H26F3N5O4S.C24H24F3N5O2/c1-38(35,36)32-16-24(17-32)11-13-31(14-12-24)23(34)33(20-5-3-2-4-6-20)15-18-7-9-19(10-8-18)21-29-30-22(37-21)25(26,27)28;25-24(26,27)21-30-29-20(34-21)18-8-6-17(7-9-18)14-32(19-4-2-1-3-5-19)22(33)31-12-10-23(11-13-31)15-28-16-23/h2-10H,11-17H2,1H3;1-9,28H,10-16H2. The number of piperidine rings is 2. The number of amides is 4. The highest BCUT2D eigenvalue weighted by molar-refractivity contribution is 7.88. The minimum Gasteiger partial charge on any atom is -0.413 e. The van der Waals surface area contributed by atoms with Gasteiger partial charge in [0.25, 0.3) is 0 Å². The van der Waals surface area contributed by atoms with Crippen molar-refractivity contribution in [2.45, 2.75) is 51.1 Å². The molecule has 10 rings (SSSR count). The summed E-state index contributed by atoms with van der Waals surface area (Å²) in [5.74, 6) is -3.24. The number of hydrogen-bond donors (Lipinski definition) is 1. The zero-order valence-electron chi connectivity index (χ0n) is 38.9. The number of nitrogens with zero attached hydrogens (tertiary/aromatic N) is 9. The molecule has 4 saturated heterocycles. The van der Waals surface area contributed by atoms with Crippen LogP contribution >= 0.6 is 0 Å². The van der Waals surface area contributed by atoms with Crippen molar-refractivity contribution in [3.05, 3.63) is 132 Å².